The van der Waals surface area contributed by atoms with Crippen LogP contribution in [0.3, 0.4) is 0 Å². The minimum absolute atomic E-state index is 0.0319. The molecule has 2 N–H and O–H groups in total. The van der Waals surface area contributed by atoms with Crippen LogP contribution in [0.1, 0.15) is 39.0 Å². The van der Waals surface area contributed by atoms with Gasteiger partial charge in [0.25, 0.3) is 0 Å². The highest BCUT2D eigenvalue weighted by Crippen LogP contribution is 2.16. The third kappa shape index (κ3) is 6.96. The van der Waals surface area contributed by atoms with E-state index in [-0.39, 0.29) is 11.8 Å². The molecule has 0 bridgehead atoms. The topological polar surface area (TPSA) is 78.5 Å². The summed E-state index contributed by atoms with van der Waals surface area (Å²) in [4.78, 5) is 14.6. The molecule has 1 fully saturated rings. The Bertz CT molecular complexity index is 649. The van der Waals surface area contributed by atoms with E-state index in [1.807, 2.05) is 0 Å². The number of carbonyl (C=O) groups excluding carboxylic acids is 1. The SMILES string of the molecule is CC1CCCCN1CCCNC(=O)NCCCS(=O)(=O)c1ccccc1. The number of likely N-dealkylation sites (tertiary alicyclic amines) is 1. The normalized spacial score (nSPS) is 18.4. The van der Waals surface area contributed by atoms with E-state index in [4.69, 9.17) is 0 Å². The van der Waals surface area contributed by atoms with Gasteiger partial charge in [0.2, 0.25) is 0 Å². The Labute approximate surface area is 157 Å². The number of piperidine rings is 1. The van der Waals surface area contributed by atoms with Crippen molar-refractivity contribution >= 4 is 15.9 Å². The van der Waals surface area contributed by atoms with E-state index >= 15 is 0 Å². The fourth-order valence-electron chi connectivity index (χ4n) is 3.25. The van der Waals surface area contributed by atoms with Gasteiger partial charge in [-0.15, -0.1) is 0 Å². The lowest BCUT2D eigenvalue weighted by Gasteiger charge is -2.33. The van der Waals surface area contributed by atoms with Crippen LogP contribution < -0.4 is 10.6 Å². The summed E-state index contributed by atoms with van der Waals surface area (Å²) < 4.78 is 24.3. The maximum absolute atomic E-state index is 12.1. The third-order valence-corrected chi connectivity index (χ3v) is 6.64. The van der Waals surface area contributed by atoms with Gasteiger partial charge in [-0.1, -0.05) is 24.6 Å². The van der Waals surface area contributed by atoms with Gasteiger partial charge in [-0.2, -0.15) is 0 Å². The van der Waals surface area contributed by atoms with Crippen LogP contribution in [0.4, 0.5) is 4.79 Å². The lowest BCUT2D eigenvalue weighted by molar-refractivity contribution is 0.159. The quantitative estimate of drug-likeness (QED) is 0.644. The van der Waals surface area contributed by atoms with Gasteiger partial charge in [0.05, 0.1) is 10.6 Å². The minimum atomic E-state index is -3.27. The molecular formula is C19H31N3O3S. The molecule has 0 aromatic heterocycles. The molecule has 0 spiro atoms. The molecule has 1 heterocycles. The minimum Gasteiger partial charge on any atom is -0.338 e. The van der Waals surface area contributed by atoms with Gasteiger partial charge in [0.1, 0.15) is 0 Å². The summed E-state index contributed by atoms with van der Waals surface area (Å²) in [6.45, 7) is 5.42. The fraction of sp³-hybridized carbons (Fsp3) is 0.632. The Balaban J connectivity index is 1.55. The van der Waals surface area contributed by atoms with Gasteiger partial charge in [-0.25, -0.2) is 13.2 Å². The second-order valence-corrected chi connectivity index (χ2v) is 9.01. The van der Waals surface area contributed by atoms with E-state index in [0.717, 1.165) is 19.5 Å². The zero-order valence-electron chi connectivity index (χ0n) is 15.6. The molecule has 6 nitrogen and oxygen atoms in total. The Morgan fingerprint density at radius 1 is 1.12 bits per heavy atom. The van der Waals surface area contributed by atoms with Crippen LogP contribution in [0.5, 0.6) is 0 Å². The highest BCUT2D eigenvalue weighted by atomic mass is 32.2. The van der Waals surface area contributed by atoms with E-state index in [9.17, 15) is 13.2 Å². The van der Waals surface area contributed by atoms with Crippen LogP contribution in [0.2, 0.25) is 0 Å². The van der Waals surface area contributed by atoms with E-state index < -0.39 is 9.84 Å². The highest BCUT2D eigenvalue weighted by molar-refractivity contribution is 7.91. The van der Waals surface area contributed by atoms with E-state index in [1.165, 1.54) is 19.3 Å². The molecule has 1 atom stereocenters. The molecule has 1 saturated heterocycles. The second-order valence-electron chi connectivity index (χ2n) is 6.90. The lowest BCUT2D eigenvalue weighted by Crippen LogP contribution is -2.41. The van der Waals surface area contributed by atoms with Crippen LogP contribution in [0.25, 0.3) is 0 Å². The largest absolute Gasteiger partial charge is 0.338 e. The van der Waals surface area contributed by atoms with E-state index in [1.54, 1.807) is 30.3 Å². The average Bonchev–Trinajstić information content (AvgIpc) is 2.64. The molecule has 0 radical (unpaired) electrons. The van der Waals surface area contributed by atoms with Gasteiger partial charge in [-0.3, -0.25) is 0 Å². The summed E-state index contributed by atoms with van der Waals surface area (Å²) in [5, 5.41) is 5.57. The second kappa shape index (κ2) is 10.5. The van der Waals surface area contributed by atoms with Gasteiger partial charge < -0.3 is 15.5 Å². The molecule has 0 saturated carbocycles. The van der Waals surface area contributed by atoms with Crippen molar-refractivity contribution in [3.05, 3.63) is 30.3 Å². The van der Waals surface area contributed by atoms with Crippen molar-refractivity contribution < 1.29 is 13.2 Å². The molecule has 2 rings (SSSR count). The molecule has 7 heteroatoms. The van der Waals surface area contributed by atoms with Gasteiger partial charge in [0.15, 0.2) is 9.84 Å². The molecule has 2 amide bonds. The average molecular weight is 382 g/mol. The maximum Gasteiger partial charge on any atom is 0.314 e. The molecule has 146 valence electrons. The summed E-state index contributed by atoms with van der Waals surface area (Å²) in [5.41, 5.74) is 0. The molecule has 1 aromatic carbocycles. The molecule has 1 aromatic rings. The molecule has 26 heavy (non-hydrogen) atoms. The predicted molar refractivity (Wildman–Crippen MR) is 104 cm³/mol. The number of hydrogen-bond acceptors (Lipinski definition) is 4. The van der Waals surface area contributed by atoms with Gasteiger partial charge in [-0.05, 0) is 51.3 Å². The number of benzene rings is 1. The van der Waals surface area contributed by atoms with Crippen molar-refractivity contribution in [1.29, 1.82) is 0 Å². The van der Waals surface area contributed by atoms with Crippen molar-refractivity contribution in [3.63, 3.8) is 0 Å². The number of rotatable bonds is 9. The Kier molecular flexibility index (Phi) is 8.38. The van der Waals surface area contributed by atoms with Crippen LogP contribution in [0, 0.1) is 0 Å². The van der Waals surface area contributed by atoms with Crippen molar-refractivity contribution in [1.82, 2.24) is 15.5 Å². The number of amides is 2. The van der Waals surface area contributed by atoms with Crippen molar-refractivity contribution in [2.75, 3.05) is 31.9 Å². The fourth-order valence-corrected chi connectivity index (χ4v) is 4.58. The monoisotopic (exact) mass is 381 g/mol. The molecule has 0 aliphatic carbocycles. The third-order valence-electron chi connectivity index (χ3n) is 4.83. The zero-order chi connectivity index (χ0) is 18.8. The first kappa shape index (κ1) is 20.7. The lowest BCUT2D eigenvalue weighted by atomic mass is 10.0. The number of nitrogens with one attached hydrogen (secondary N) is 2. The van der Waals surface area contributed by atoms with Crippen molar-refractivity contribution in [2.24, 2.45) is 0 Å². The Hall–Kier alpha value is -1.60. The number of urea groups is 1. The first-order chi connectivity index (χ1) is 12.5. The smallest absolute Gasteiger partial charge is 0.314 e. The molecule has 1 aliphatic heterocycles. The van der Waals surface area contributed by atoms with Gasteiger partial charge >= 0.3 is 6.03 Å². The molecular weight excluding hydrogens is 350 g/mol. The van der Waals surface area contributed by atoms with Crippen LogP contribution in [0.15, 0.2) is 35.2 Å². The number of hydrogen-bond donors (Lipinski definition) is 2. The van der Waals surface area contributed by atoms with E-state index in [0.29, 0.717) is 30.4 Å². The summed E-state index contributed by atoms with van der Waals surface area (Å²) in [5.74, 6) is 0.0319. The van der Waals surface area contributed by atoms with Crippen LogP contribution in [-0.4, -0.2) is 57.3 Å². The summed E-state index contributed by atoms with van der Waals surface area (Å²) in [7, 11) is -3.27. The van der Waals surface area contributed by atoms with Crippen molar-refractivity contribution in [3.8, 4) is 0 Å². The maximum atomic E-state index is 12.1. The Morgan fingerprint density at radius 2 is 1.81 bits per heavy atom. The van der Waals surface area contributed by atoms with Gasteiger partial charge in [0, 0.05) is 25.7 Å². The van der Waals surface area contributed by atoms with Crippen LogP contribution >= 0.6 is 0 Å². The summed E-state index contributed by atoms with van der Waals surface area (Å²) in [6.07, 6.45) is 5.18. The number of carbonyl (C=O) groups is 1. The highest BCUT2D eigenvalue weighted by Gasteiger charge is 2.17. The van der Waals surface area contributed by atoms with Crippen LogP contribution in [-0.2, 0) is 9.84 Å². The summed E-state index contributed by atoms with van der Waals surface area (Å²) >= 11 is 0. The van der Waals surface area contributed by atoms with E-state index in [2.05, 4.69) is 22.5 Å². The molecule has 1 aliphatic rings. The Morgan fingerprint density at radius 3 is 2.50 bits per heavy atom. The first-order valence-electron chi connectivity index (χ1n) is 9.52. The number of nitrogens with zero attached hydrogens (tertiary/aromatic N) is 1. The number of sulfone groups is 1. The first-order valence-corrected chi connectivity index (χ1v) is 11.2. The standard InChI is InChI=1S/C19H31N3O3S/c1-17-9-5-6-14-22(17)15-7-12-20-19(23)21-13-8-16-26(24,25)18-10-3-2-4-11-18/h2-4,10-11,17H,5-9,12-16H2,1H3,(H2,20,21,23). The zero-order valence-corrected chi connectivity index (χ0v) is 16.4. The summed E-state index contributed by atoms with van der Waals surface area (Å²) in [6, 6.07) is 8.82. The predicted octanol–water partition coefficient (Wildman–Crippen LogP) is 2.41. The molecule has 1 unspecified atom stereocenters. The van der Waals surface area contributed by atoms with Crippen molar-refractivity contribution in [2.45, 2.75) is 50.0 Å².